The van der Waals surface area contributed by atoms with Crippen LogP contribution in [0.5, 0.6) is 0 Å². The van der Waals surface area contributed by atoms with E-state index in [0.29, 0.717) is 10.6 Å². The van der Waals surface area contributed by atoms with Crippen molar-refractivity contribution in [1.82, 2.24) is 10.3 Å². The maximum Gasteiger partial charge on any atom is 0.341 e. The number of hydrogen-bond acceptors (Lipinski definition) is 5. The van der Waals surface area contributed by atoms with E-state index in [1.165, 1.54) is 31.0 Å². The van der Waals surface area contributed by atoms with Crippen molar-refractivity contribution < 1.29 is 14.3 Å². The van der Waals surface area contributed by atoms with Crippen LogP contribution in [0.4, 0.5) is 0 Å². The lowest BCUT2D eigenvalue weighted by Gasteiger charge is -2.20. The first-order valence-corrected chi connectivity index (χ1v) is 9.38. The Bertz CT molecular complexity index is 528. The van der Waals surface area contributed by atoms with Crippen LogP contribution in [0, 0.1) is 0 Å². The Kier molecular flexibility index (Phi) is 7.39. The second kappa shape index (κ2) is 9.55. The monoisotopic (exact) mass is 336 g/mol. The molecule has 0 unspecified atom stereocenters. The fraction of sp³-hybridized carbons (Fsp3) is 0.588. The van der Waals surface area contributed by atoms with E-state index in [1.54, 1.807) is 18.3 Å². The van der Waals surface area contributed by atoms with Crippen LogP contribution < -0.4 is 5.32 Å². The Hall–Kier alpha value is -1.56. The zero-order chi connectivity index (χ0) is 16.5. The number of nitrogens with zero attached hydrogens (tertiary/aromatic N) is 1. The van der Waals surface area contributed by atoms with E-state index in [2.05, 4.69) is 10.3 Å². The first-order valence-electron chi connectivity index (χ1n) is 8.16. The topological polar surface area (TPSA) is 68.3 Å². The van der Waals surface area contributed by atoms with Gasteiger partial charge in [-0.25, -0.2) is 9.78 Å². The molecule has 0 bridgehead atoms. The third kappa shape index (κ3) is 5.86. The molecular formula is C17H24N2O3S. The second-order valence-electron chi connectivity index (χ2n) is 5.75. The molecule has 1 aliphatic carbocycles. The molecule has 23 heavy (non-hydrogen) atoms. The zero-order valence-corrected chi connectivity index (χ0v) is 14.4. The van der Waals surface area contributed by atoms with Gasteiger partial charge in [-0.15, -0.1) is 11.8 Å². The number of pyridine rings is 1. The highest BCUT2D eigenvalue weighted by molar-refractivity contribution is 7.98. The molecule has 1 aromatic heterocycles. The van der Waals surface area contributed by atoms with Gasteiger partial charge in [-0.2, -0.15) is 0 Å². The van der Waals surface area contributed by atoms with E-state index in [4.69, 9.17) is 4.74 Å². The minimum atomic E-state index is -0.504. The van der Waals surface area contributed by atoms with Crippen molar-refractivity contribution in [3.63, 3.8) is 0 Å². The summed E-state index contributed by atoms with van der Waals surface area (Å²) < 4.78 is 5.13. The molecule has 2 rings (SSSR count). The standard InChI is InChI=1S/C17H24N2O3S/c1-23-16-14(10-7-11-18-16)17(21)22-12-15(20)19-13-8-5-3-2-4-6-9-13/h7,10-11,13H,2-6,8-9,12H2,1H3,(H,19,20). The average Bonchev–Trinajstić information content (AvgIpc) is 2.55. The molecule has 0 saturated heterocycles. The Balaban J connectivity index is 1.80. The van der Waals surface area contributed by atoms with Crippen LogP contribution in [0.25, 0.3) is 0 Å². The van der Waals surface area contributed by atoms with E-state index in [1.807, 2.05) is 6.26 Å². The van der Waals surface area contributed by atoms with Crippen LogP contribution in [0.3, 0.4) is 0 Å². The number of hydrogen-bond donors (Lipinski definition) is 1. The summed E-state index contributed by atoms with van der Waals surface area (Å²) >= 11 is 1.38. The van der Waals surface area contributed by atoms with Crippen LogP contribution in [-0.4, -0.2) is 35.8 Å². The zero-order valence-electron chi connectivity index (χ0n) is 13.5. The summed E-state index contributed by atoms with van der Waals surface area (Å²) in [5, 5.41) is 3.59. The maximum absolute atomic E-state index is 12.1. The fourth-order valence-corrected chi connectivity index (χ4v) is 3.33. The lowest BCUT2D eigenvalue weighted by Crippen LogP contribution is -2.38. The summed E-state index contributed by atoms with van der Waals surface area (Å²) in [6.07, 6.45) is 11.6. The summed E-state index contributed by atoms with van der Waals surface area (Å²) in [6, 6.07) is 3.56. The van der Waals surface area contributed by atoms with E-state index >= 15 is 0 Å². The van der Waals surface area contributed by atoms with Gasteiger partial charge in [-0.3, -0.25) is 4.79 Å². The molecule has 1 heterocycles. The minimum absolute atomic E-state index is 0.210. The highest BCUT2D eigenvalue weighted by Crippen LogP contribution is 2.18. The lowest BCUT2D eigenvalue weighted by molar-refractivity contribution is -0.125. The molecule has 1 amide bonds. The molecule has 1 aliphatic rings. The predicted octanol–water partition coefficient (Wildman–Crippen LogP) is 3.19. The Labute approximate surface area is 141 Å². The van der Waals surface area contributed by atoms with Crippen LogP contribution >= 0.6 is 11.8 Å². The van der Waals surface area contributed by atoms with Crippen molar-refractivity contribution in [2.45, 2.75) is 56.0 Å². The van der Waals surface area contributed by atoms with Crippen LogP contribution in [0.15, 0.2) is 23.4 Å². The largest absolute Gasteiger partial charge is 0.452 e. The summed E-state index contributed by atoms with van der Waals surface area (Å²) in [4.78, 5) is 28.2. The van der Waals surface area contributed by atoms with Crippen molar-refractivity contribution in [1.29, 1.82) is 0 Å². The molecule has 1 N–H and O–H groups in total. The van der Waals surface area contributed by atoms with Gasteiger partial charge in [0, 0.05) is 12.2 Å². The predicted molar refractivity (Wildman–Crippen MR) is 90.6 cm³/mol. The minimum Gasteiger partial charge on any atom is -0.452 e. The first-order chi connectivity index (χ1) is 11.2. The maximum atomic E-state index is 12.1. The van der Waals surface area contributed by atoms with E-state index in [-0.39, 0.29) is 18.6 Å². The molecular weight excluding hydrogens is 312 g/mol. The first kappa shape index (κ1) is 17.8. The molecule has 0 spiro atoms. The van der Waals surface area contributed by atoms with E-state index < -0.39 is 5.97 Å². The SMILES string of the molecule is CSc1ncccc1C(=O)OCC(=O)NC1CCCCCCC1. The van der Waals surface area contributed by atoms with Gasteiger partial charge in [0.15, 0.2) is 6.61 Å². The van der Waals surface area contributed by atoms with Crippen LogP contribution in [-0.2, 0) is 9.53 Å². The Morgan fingerprint density at radius 3 is 2.65 bits per heavy atom. The smallest absolute Gasteiger partial charge is 0.341 e. The molecule has 1 aromatic rings. The number of aromatic nitrogens is 1. The molecule has 0 atom stereocenters. The lowest BCUT2D eigenvalue weighted by atomic mass is 9.97. The molecule has 1 fully saturated rings. The summed E-state index contributed by atoms with van der Waals surface area (Å²) in [6.45, 7) is -0.238. The number of carbonyl (C=O) groups excluding carboxylic acids is 2. The number of carbonyl (C=O) groups is 2. The van der Waals surface area contributed by atoms with E-state index in [0.717, 1.165) is 25.7 Å². The van der Waals surface area contributed by atoms with Crippen molar-refractivity contribution in [2.75, 3.05) is 12.9 Å². The highest BCUT2D eigenvalue weighted by atomic mass is 32.2. The number of amides is 1. The van der Waals surface area contributed by atoms with Crippen LogP contribution in [0.1, 0.15) is 55.3 Å². The van der Waals surface area contributed by atoms with Gasteiger partial charge < -0.3 is 10.1 Å². The van der Waals surface area contributed by atoms with Gasteiger partial charge in [-0.05, 0) is 31.2 Å². The average molecular weight is 336 g/mol. The van der Waals surface area contributed by atoms with Gasteiger partial charge in [0.1, 0.15) is 5.03 Å². The molecule has 0 radical (unpaired) electrons. The van der Waals surface area contributed by atoms with Crippen molar-refractivity contribution in [3.05, 3.63) is 23.9 Å². The van der Waals surface area contributed by atoms with E-state index in [9.17, 15) is 9.59 Å². The van der Waals surface area contributed by atoms with Gasteiger partial charge in [0.05, 0.1) is 5.56 Å². The van der Waals surface area contributed by atoms with Crippen molar-refractivity contribution in [3.8, 4) is 0 Å². The van der Waals surface area contributed by atoms with Crippen LogP contribution in [0.2, 0.25) is 0 Å². The molecule has 1 saturated carbocycles. The molecule has 0 aliphatic heterocycles. The normalized spacial score (nSPS) is 16.2. The quantitative estimate of drug-likeness (QED) is 0.660. The summed E-state index contributed by atoms with van der Waals surface area (Å²) in [5.74, 6) is -0.728. The van der Waals surface area contributed by atoms with Gasteiger partial charge in [-0.1, -0.05) is 32.1 Å². The number of ether oxygens (including phenoxy) is 1. The molecule has 0 aromatic carbocycles. The summed E-state index contributed by atoms with van der Waals surface area (Å²) in [7, 11) is 0. The number of esters is 1. The van der Waals surface area contributed by atoms with Gasteiger partial charge >= 0.3 is 5.97 Å². The molecule has 5 nitrogen and oxygen atoms in total. The van der Waals surface area contributed by atoms with Gasteiger partial charge in [0.25, 0.3) is 5.91 Å². The fourth-order valence-electron chi connectivity index (χ4n) is 2.79. The van der Waals surface area contributed by atoms with Crippen molar-refractivity contribution in [2.24, 2.45) is 0 Å². The molecule has 126 valence electrons. The summed E-state index contributed by atoms with van der Waals surface area (Å²) in [5.41, 5.74) is 0.402. The van der Waals surface area contributed by atoms with Gasteiger partial charge in [0.2, 0.25) is 0 Å². The number of nitrogens with one attached hydrogen (secondary N) is 1. The third-order valence-electron chi connectivity index (χ3n) is 3.99. The Morgan fingerprint density at radius 1 is 1.26 bits per heavy atom. The number of rotatable bonds is 5. The third-order valence-corrected chi connectivity index (χ3v) is 4.70. The molecule has 6 heteroatoms. The number of thioether (sulfide) groups is 1. The van der Waals surface area contributed by atoms with Crippen molar-refractivity contribution >= 4 is 23.6 Å². The second-order valence-corrected chi connectivity index (χ2v) is 6.54. The highest BCUT2D eigenvalue weighted by Gasteiger charge is 2.17. The Morgan fingerprint density at radius 2 is 1.96 bits per heavy atom.